The molecule has 6 nitrogen and oxygen atoms in total. The SMILES string of the molecule is CC(O)(CO)CNC(=O)c1cc(-c2ccccc2)no1. The molecule has 1 amide bonds. The molecule has 1 atom stereocenters. The van der Waals surface area contributed by atoms with E-state index in [0.29, 0.717) is 5.69 Å². The number of aromatic nitrogens is 1. The van der Waals surface area contributed by atoms with E-state index in [0.717, 1.165) is 5.56 Å². The Morgan fingerprint density at radius 2 is 2.10 bits per heavy atom. The zero-order valence-corrected chi connectivity index (χ0v) is 11.0. The van der Waals surface area contributed by atoms with Crippen LogP contribution >= 0.6 is 0 Å². The smallest absolute Gasteiger partial charge is 0.290 e. The number of rotatable bonds is 5. The fourth-order valence-corrected chi connectivity index (χ4v) is 1.54. The van der Waals surface area contributed by atoms with E-state index in [1.165, 1.54) is 13.0 Å². The van der Waals surface area contributed by atoms with Crippen LogP contribution in [0.4, 0.5) is 0 Å². The molecule has 2 aromatic rings. The first kappa shape index (κ1) is 14.2. The number of amides is 1. The van der Waals surface area contributed by atoms with Gasteiger partial charge in [0.25, 0.3) is 5.91 Å². The van der Waals surface area contributed by atoms with Crippen LogP contribution in [0.1, 0.15) is 17.5 Å². The second kappa shape index (κ2) is 5.85. The minimum atomic E-state index is -1.36. The molecule has 0 saturated heterocycles. The van der Waals surface area contributed by atoms with Crippen molar-refractivity contribution in [1.82, 2.24) is 10.5 Å². The minimum absolute atomic E-state index is 0.0533. The summed E-state index contributed by atoms with van der Waals surface area (Å²) >= 11 is 0. The summed E-state index contributed by atoms with van der Waals surface area (Å²) in [5.74, 6) is -0.439. The van der Waals surface area contributed by atoms with Crippen molar-refractivity contribution in [2.45, 2.75) is 12.5 Å². The van der Waals surface area contributed by atoms with Crippen LogP contribution in [0.25, 0.3) is 11.3 Å². The van der Waals surface area contributed by atoms with Gasteiger partial charge in [0.05, 0.1) is 6.61 Å². The molecule has 0 radical (unpaired) electrons. The Bertz CT molecular complexity index is 578. The van der Waals surface area contributed by atoms with E-state index in [2.05, 4.69) is 10.5 Å². The molecule has 0 aliphatic rings. The zero-order chi connectivity index (χ0) is 14.6. The highest BCUT2D eigenvalue weighted by atomic mass is 16.5. The van der Waals surface area contributed by atoms with Crippen molar-refractivity contribution < 1.29 is 19.5 Å². The third-order valence-corrected chi connectivity index (χ3v) is 2.77. The Hall–Kier alpha value is -2.18. The molecule has 20 heavy (non-hydrogen) atoms. The van der Waals surface area contributed by atoms with E-state index in [-0.39, 0.29) is 12.3 Å². The predicted octanol–water partition coefficient (Wildman–Crippen LogP) is 0.815. The molecule has 1 aromatic carbocycles. The molecule has 1 aromatic heterocycles. The van der Waals surface area contributed by atoms with Gasteiger partial charge < -0.3 is 20.1 Å². The first-order valence-electron chi connectivity index (χ1n) is 6.15. The fourth-order valence-electron chi connectivity index (χ4n) is 1.54. The van der Waals surface area contributed by atoms with E-state index >= 15 is 0 Å². The number of benzene rings is 1. The number of nitrogens with zero attached hydrogens (tertiary/aromatic N) is 1. The maximum absolute atomic E-state index is 11.8. The van der Waals surface area contributed by atoms with Gasteiger partial charge in [0.1, 0.15) is 11.3 Å². The van der Waals surface area contributed by atoms with E-state index in [9.17, 15) is 9.90 Å². The Balaban J connectivity index is 2.04. The second-order valence-electron chi connectivity index (χ2n) is 4.78. The molecule has 0 aliphatic carbocycles. The van der Waals surface area contributed by atoms with Crippen LogP contribution in [-0.2, 0) is 0 Å². The van der Waals surface area contributed by atoms with Crippen molar-refractivity contribution in [2.24, 2.45) is 0 Å². The van der Waals surface area contributed by atoms with Gasteiger partial charge in [-0.15, -0.1) is 0 Å². The van der Waals surface area contributed by atoms with Crippen molar-refractivity contribution in [2.75, 3.05) is 13.2 Å². The number of aliphatic hydroxyl groups is 2. The van der Waals surface area contributed by atoms with Crippen molar-refractivity contribution in [3.8, 4) is 11.3 Å². The van der Waals surface area contributed by atoms with E-state index in [1.807, 2.05) is 30.3 Å². The van der Waals surface area contributed by atoms with Gasteiger partial charge in [0, 0.05) is 18.2 Å². The number of hydrogen-bond donors (Lipinski definition) is 3. The van der Waals surface area contributed by atoms with Crippen LogP contribution in [0.5, 0.6) is 0 Å². The van der Waals surface area contributed by atoms with Crippen LogP contribution in [0.2, 0.25) is 0 Å². The summed E-state index contributed by atoms with van der Waals surface area (Å²) in [6, 6.07) is 10.9. The van der Waals surface area contributed by atoms with Crippen LogP contribution in [-0.4, -0.2) is 40.0 Å². The highest BCUT2D eigenvalue weighted by molar-refractivity contribution is 5.92. The number of nitrogens with one attached hydrogen (secondary N) is 1. The average molecular weight is 276 g/mol. The maximum atomic E-state index is 11.8. The summed E-state index contributed by atoms with van der Waals surface area (Å²) in [4.78, 5) is 11.8. The molecule has 1 unspecified atom stereocenters. The topological polar surface area (TPSA) is 95.6 Å². The van der Waals surface area contributed by atoms with E-state index in [4.69, 9.17) is 9.63 Å². The number of carbonyl (C=O) groups excluding carboxylic acids is 1. The van der Waals surface area contributed by atoms with Crippen LogP contribution in [0.15, 0.2) is 40.9 Å². The number of carbonyl (C=O) groups is 1. The summed E-state index contributed by atoms with van der Waals surface area (Å²) < 4.78 is 4.97. The van der Waals surface area contributed by atoms with Gasteiger partial charge in [0.15, 0.2) is 0 Å². The summed E-state index contributed by atoms with van der Waals surface area (Å²) in [6.07, 6.45) is 0. The first-order valence-corrected chi connectivity index (χ1v) is 6.15. The monoisotopic (exact) mass is 276 g/mol. The van der Waals surface area contributed by atoms with Gasteiger partial charge in [-0.3, -0.25) is 4.79 Å². The Morgan fingerprint density at radius 3 is 2.75 bits per heavy atom. The van der Waals surface area contributed by atoms with Gasteiger partial charge in [-0.1, -0.05) is 35.5 Å². The molecule has 1 heterocycles. The zero-order valence-electron chi connectivity index (χ0n) is 11.0. The molecule has 0 spiro atoms. The van der Waals surface area contributed by atoms with Crippen molar-refractivity contribution >= 4 is 5.91 Å². The van der Waals surface area contributed by atoms with E-state index in [1.54, 1.807) is 0 Å². The Kier molecular flexibility index (Phi) is 4.16. The molecule has 6 heteroatoms. The predicted molar refractivity (Wildman–Crippen MR) is 72.0 cm³/mol. The lowest BCUT2D eigenvalue weighted by atomic mass is 10.1. The third-order valence-electron chi connectivity index (χ3n) is 2.77. The van der Waals surface area contributed by atoms with Crippen LogP contribution in [0, 0.1) is 0 Å². The lowest BCUT2D eigenvalue weighted by Crippen LogP contribution is -2.43. The maximum Gasteiger partial charge on any atom is 0.290 e. The highest BCUT2D eigenvalue weighted by Crippen LogP contribution is 2.18. The molecule has 0 aliphatic heterocycles. The van der Waals surface area contributed by atoms with Crippen LogP contribution in [0.3, 0.4) is 0 Å². The number of aliphatic hydroxyl groups excluding tert-OH is 1. The van der Waals surface area contributed by atoms with Gasteiger partial charge in [-0.25, -0.2) is 0 Å². The van der Waals surface area contributed by atoms with Gasteiger partial charge >= 0.3 is 0 Å². The largest absolute Gasteiger partial charge is 0.393 e. The van der Waals surface area contributed by atoms with Gasteiger partial charge in [-0.2, -0.15) is 0 Å². The summed E-state index contributed by atoms with van der Waals surface area (Å²) in [5.41, 5.74) is 0.0418. The molecular formula is C14H16N2O4. The molecule has 0 fully saturated rings. The van der Waals surface area contributed by atoms with E-state index < -0.39 is 18.1 Å². The van der Waals surface area contributed by atoms with Crippen molar-refractivity contribution in [1.29, 1.82) is 0 Å². The standard InChI is InChI=1S/C14H16N2O4/c1-14(19,9-17)8-15-13(18)12-7-11(16-20-12)10-5-3-2-4-6-10/h2-7,17,19H,8-9H2,1H3,(H,15,18). The summed E-state index contributed by atoms with van der Waals surface area (Å²) in [6.45, 7) is 0.895. The lowest BCUT2D eigenvalue weighted by molar-refractivity contribution is 0.00294. The second-order valence-corrected chi connectivity index (χ2v) is 4.78. The molecule has 0 saturated carbocycles. The Morgan fingerprint density at radius 1 is 1.40 bits per heavy atom. The minimum Gasteiger partial charge on any atom is -0.393 e. The fraction of sp³-hybridized carbons (Fsp3) is 0.286. The number of hydrogen-bond acceptors (Lipinski definition) is 5. The normalized spacial score (nSPS) is 13.8. The molecule has 2 rings (SSSR count). The summed E-state index contributed by atoms with van der Waals surface area (Å²) in [7, 11) is 0. The third kappa shape index (κ3) is 3.43. The van der Waals surface area contributed by atoms with Crippen LogP contribution < -0.4 is 5.32 Å². The molecule has 106 valence electrons. The molecular weight excluding hydrogens is 260 g/mol. The molecule has 3 N–H and O–H groups in total. The van der Waals surface area contributed by atoms with Crippen molar-refractivity contribution in [3.05, 3.63) is 42.2 Å². The highest BCUT2D eigenvalue weighted by Gasteiger charge is 2.21. The Labute approximate surface area is 116 Å². The molecule has 0 bridgehead atoms. The van der Waals surface area contributed by atoms with Gasteiger partial charge in [0.2, 0.25) is 5.76 Å². The summed E-state index contributed by atoms with van der Waals surface area (Å²) in [5, 5.41) is 24.8. The van der Waals surface area contributed by atoms with Crippen molar-refractivity contribution in [3.63, 3.8) is 0 Å². The lowest BCUT2D eigenvalue weighted by Gasteiger charge is -2.19. The first-order chi connectivity index (χ1) is 9.52. The average Bonchev–Trinajstić information content (AvgIpc) is 2.96. The van der Waals surface area contributed by atoms with Gasteiger partial charge in [-0.05, 0) is 6.92 Å². The quantitative estimate of drug-likeness (QED) is 0.751.